The SMILES string of the molecule is CCn1ncnc1CN1CCC(c2cc(C(C)C)n[nH]2)CC1. The Morgan fingerprint density at radius 2 is 2.09 bits per heavy atom. The number of nitrogens with zero attached hydrogens (tertiary/aromatic N) is 5. The zero-order valence-electron chi connectivity index (χ0n) is 13.8. The molecule has 2 aromatic heterocycles. The second-order valence-electron chi connectivity index (χ2n) is 6.45. The fraction of sp³-hybridized carbons (Fsp3) is 0.688. The number of H-pyrrole nitrogens is 1. The highest BCUT2D eigenvalue weighted by Crippen LogP contribution is 2.28. The number of aromatic amines is 1. The molecule has 0 aromatic carbocycles. The molecule has 0 amide bonds. The number of rotatable bonds is 5. The van der Waals surface area contributed by atoms with Crippen LogP contribution in [-0.2, 0) is 13.1 Å². The number of hydrogen-bond donors (Lipinski definition) is 1. The molecule has 1 N–H and O–H groups in total. The van der Waals surface area contributed by atoms with Crippen LogP contribution in [0.3, 0.4) is 0 Å². The number of aryl methyl sites for hydroxylation is 1. The third-order valence-electron chi connectivity index (χ3n) is 4.60. The highest BCUT2D eigenvalue weighted by atomic mass is 15.3. The smallest absolute Gasteiger partial charge is 0.140 e. The Labute approximate surface area is 131 Å². The first kappa shape index (κ1) is 15.2. The maximum absolute atomic E-state index is 4.43. The van der Waals surface area contributed by atoms with Crippen LogP contribution in [0.15, 0.2) is 12.4 Å². The Hall–Kier alpha value is -1.69. The van der Waals surface area contributed by atoms with Crippen molar-refractivity contribution in [2.24, 2.45) is 0 Å². The van der Waals surface area contributed by atoms with Gasteiger partial charge in [-0.3, -0.25) is 10.00 Å². The molecule has 1 fully saturated rings. The van der Waals surface area contributed by atoms with Gasteiger partial charge in [-0.2, -0.15) is 10.2 Å². The average Bonchev–Trinajstić information content (AvgIpc) is 3.17. The number of hydrogen-bond acceptors (Lipinski definition) is 4. The molecule has 2 aromatic rings. The minimum absolute atomic E-state index is 0.491. The maximum atomic E-state index is 4.43. The van der Waals surface area contributed by atoms with E-state index in [-0.39, 0.29) is 0 Å². The van der Waals surface area contributed by atoms with Crippen LogP contribution in [-0.4, -0.2) is 43.0 Å². The zero-order valence-corrected chi connectivity index (χ0v) is 13.8. The van der Waals surface area contributed by atoms with Gasteiger partial charge in [-0.25, -0.2) is 9.67 Å². The molecular formula is C16H26N6. The van der Waals surface area contributed by atoms with Crippen LogP contribution in [0.25, 0.3) is 0 Å². The lowest BCUT2D eigenvalue weighted by Crippen LogP contribution is -2.33. The third kappa shape index (κ3) is 3.21. The molecule has 0 unspecified atom stereocenters. The Balaban J connectivity index is 1.55. The van der Waals surface area contributed by atoms with Gasteiger partial charge in [0.25, 0.3) is 0 Å². The monoisotopic (exact) mass is 302 g/mol. The first-order chi connectivity index (χ1) is 10.7. The number of nitrogens with one attached hydrogen (secondary N) is 1. The van der Waals surface area contributed by atoms with Crippen molar-refractivity contribution in [1.29, 1.82) is 0 Å². The van der Waals surface area contributed by atoms with Crippen LogP contribution in [0, 0.1) is 0 Å². The van der Waals surface area contributed by atoms with Gasteiger partial charge in [-0.15, -0.1) is 0 Å². The van der Waals surface area contributed by atoms with Crippen molar-refractivity contribution in [3.8, 4) is 0 Å². The summed E-state index contributed by atoms with van der Waals surface area (Å²) in [5.41, 5.74) is 2.48. The van der Waals surface area contributed by atoms with Crippen molar-refractivity contribution in [2.75, 3.05) is 13.1 Å². The summed E-state index contributed by atoms with van der Waals surface area (Å²) < 4.78 is 1.98. The second-order valence-corrected chi connectivity index (χ2v) is 6.45. The van der Waals surface area contributed by atoms with E-state index >= 15 is 0 Å². The molecular weight excluding hydrogens is 276 g/mol. The predicted molar refractivity (Wildman–Crippen MR) is 85.6 cm³/mol. The number of likely N-dealkylation sites (tertiary alicyclic amines) is 1. The summed E-state index contributed by atoms with van der Waals surface area (Å²) in [5.74, 6) is 2.18. The van der Waals surface area contributed by atoms with E-state index in [2.05, 4.69) is 52.0 Å². The lowest BCUT2D eigenvalue weighted by molar-refractivity contribution is 0.196. The fourth-order valence-corrected chi connectivity index (χ4v) is 3.13. The standard InChI is InChI=1S/C16H26N6/c1-4-22-16(17-11-18-22)10-21-7-5-13(6-8-21)15-9-14(12(2)3)19-20-15/h9,11-13H,4-8,10H2,1-3H3,(H,19,20). The normalized spacial score (nSPS) is 17.5. The Morgan fingerprint density at radius 3 is 2.73 bits per heavy atom. The molecule has 3 rings (SSSR count). The number of aromatic nitrogens is 5. The molecule has 1 saturated heterocycles. The summed E-state index contributed by atoms with van der Waals surface area (Å²) in [6, 6.07) is 2.25. The molecule has 3 heterocycles. The number of piperidine rings is 1. The molecule has 6 heteroatoms. The van der Waals surface area contributed by atoms with Crippen molar-refractivity contribution in [2.45, 2.75) is 58.5 Å². The van der Waals surface area contributed by atoms with Gasteiger partial charge in [0, 0.05) is 18.2 Å². The van der Waals surface area contributed by atoms with Crippen molar-refractivity contribution >= 4 is 0 Å². The van der Waals surface area contributed by atoms with Crippen molar-refractivity contribution < 1.29 is 0 Å². The van der Waals surface area contributed by atoms with Crippen LogP contribution in [0.4, 0.5) is 0 Å². The molecule has 22 heavy (non-hydrogen) atoms. The van der Waals surface area contributed by atoms with Crippen LogP contribution >= 0.6 is 0 Å². The van der Waals surface area contributed by atoms with Gasteiger partial charge in [-0.05, 0) is 44.8 Å². The van der Waals surface area contributed by atoms with Gasteiger partial charge in [0.15, 0.2) is 0 Å². The molecule has 0 atom stereocenters. The third-order valence-corrected chi connectivity index (χ3v) is 4.60. The van der Waals surface area contributed by atoms with Gasteiger partial charge in [0.05, 0.1) is 12.2 Å². The molecule has 0 spiro atoms. The predicted octanol–water partition coefficient (Wildman–Crippen LogP) is 2.52. The van der Waals surface area contributed by atoms with E-state index in [4.69, 9.17) is 0 Å². The highest BCUT2D eigenvalue weighted by Gasteiger charge is 2.23. The second kappa shape index (κ2) is 6.60. The van der Waals surface area contributed by atoms with Crippen molar-refractivity contribution in [3.05, 3.63) is 29.6 Å². The lowest BCUT2D eigenvalue weighted by atomic mass is 9.93. The molecule has 0 bridgehead atoms. The molecule has 1 aliphatic heterocycles. The van der Waals surface area contributed by atoms with E-state index < -0.39 is 0 Å². The van der Waals surface area contributed by atoms with E-state index in [1.807, 2.05) is 4.68 Å². The van der Waals surface area contributed by atoms with Gasteiger partial charge in [0.2, 0.25) is 0 Å². The van der Waals surface area contributed by atoms with Crippen molar-refractivity contribution in [1.82, 2.24) is 29.9 Å². The summed E-state index contributed by atoms with van der Waals surface area (Å²) in [4.78, 5) is 6.85. The summed E-state index contributed by atoms with van der Waals surface area (Å²) in [5, 5.41) is 11.9. The topological polar surface area (TPSA) is 62.6 Å². The van der Waals surface area contributed by atoms with Gasteiger partial charge < -0.3 is 0 Å². The Kier molecular flexibility index (Phi) is 4.57. The van der Waals surface area contributed by atoms with Gasteiger partial charge >= 0.3 is 0 Å². The summed E-state index contributed by atoms with van der Waals surface area (Å²) in [6.45, 7) is 10.5. The molecule has 0 radical (unpaired) electrons. The minimum Gasteiger partial charge on any atom is -0.296 e. The van der Waals surface area contributed by atoms with Crippen LogP contribution < -0.4 is 0 Å². The van der Waals surface area contributed by atoms with Crippen LogP contribution in [0.2, 0.25) is 0 Å². The Bertz CT molecular complexity index is 591. The van der Waals surface area contributed by atoms with E-state index in [1.54, 1.807) is 6.33 Å². The summed E-state index contributed by atoms with van der Waals surface area (Å²) in [6.07, 6.45) is 4.02. The van der Waals surface area contributed by atoms with Crippen LogP contribution in [0.5, 0.6) is 0 Å². The molecule has 6 nitrogen and oxygen atoms in total. The summed E-state index contributed by atoms with van der Waals surface area (Å²) in [7, 11) is 0. The van der Waals surface area contributed by atoms with E-state index in [0.29, 0.717) is 11.8 Å². The minimum atomic E-state index is 0.491. The van der Waals surface area contributed by atoms with Crippen LogP contribution in [0.1, 0.15) is 62.7 Å². The van der Waals surface area contributed by atoms with E-state index in [1.165, 1.54) is 24.2 Å². The van der Waals surface area contributed by atoms with E-state index in [0.717, 1.165) is 32.0 Å². The summed E-state index contributed by atoms with van der Waals surface area (Å²) >= 11 is 0. The Morgan fingerprint density at radius 1 is 1.32 bits per heavy atom. The molecule has 120 valence electrons. The largest absolute Gasteiger partial charge is 0.296 e. The maximum Gasteiger partial charge on any atom is 0.140 e. The molecule has 0 saturated carbocycles. The van der Waals surface area contributed by atoms with Crippen molar-refractivity contribution in [3.63, 3.8) is 0 Å². The first-order valence-electron chi connectivity index (χ1n) is 8.31. The van der Waals surface area contributed by atoms with Gasteiger partial charge in [-0.1, -0.05) is 13.8 Å². The van der Waals surface area contributed by atoms with Gasteiger partial charge in [0.1, 0.15) is 12.2 Å². The molecule has 0 aliphatic carbocycles. The quantitative estimate of drug-likeness (QED) is 0.922. The first-order valence-corrected chi connectivity index (χ1v) is 8.31. The molecule has 1 aliphatic rings. The highest BCUT2D eigenvalue weighted by molar-refractivity contribution is 5.16. The zero-order chi connectivity index (χ0) is 15.5. The van der Waals surface area contributed by atoms with E-state index in [9.17, 15) is 0 Å². The lowest BCUT2D eigenvalue weighted by Gasteiger charge is -2.31. The fourth-order valence-electron chi connectivity index (χ4n) is 3.13. The average molecular weight is 302 g/mol.